The predicted molar refractivity (Wildman–Crippen MR) is 101 cm³/mol. The van der Waals surface area contributed by atoms with Gasteiger partial charge in [-0.2, -0.15) is 5.10 Å². The number of nitrogens with one attached hydrogen (secondary N) is 1. The van der Waals surface area contributed by atoms with Crippen LogP contribution in [0.2, 0.25) is 5.02 Å². The summed E-state index contributed by atoms with van der Waals surface area (Å²) in [5.41, 5.74) is 2.62. The Bertz CT molecular complexity index is 936. The minimum absolute atomic E-state index is 0.0958. The van der Waals surface area contributed by atoms with Gasteiger partial charge in [-0.25, -0.2) is 9.50 Å². The highest BCUT2D eigenvalue weighted by Gasteiger charge is 2.18. The van der Waals surface area contributed by atoms with Crippen LogP contribution in [0.25, 0.3) is 5.65 Å². The molecule has 7 heteroatoms. The van der Waals surface area contributed by atoms with Crippen LogP contribution in [0.5, 0.6) is 5.75 Å². The summed E-state index contributed by atoms with van der Waals surface area (Å²) in [6.07, 6.45) is 4.22. The van der Waals surface area contributed by atoms with Gasteiger partial charge in [-0.3, -0.25) is 4.79 Å². The number of hydrogen-bond acceptors (Lipinski definition) is 4. The Morgan fingerprint density at radius 2 is 2.12 bits per heavy atom. The van der Waals surface area contributed by atoms with Crippen LogP contribution in [0, 0.1) is 6.92 Å². The van der Waals surface area contributed by atoms with E-state index < -0.39 is 0 Å². The molecule has 2 heterocycles. The Kier molecular flexibility index (Phi) is 5.42. The summed E-state index contributed by atoms with van der Waals surface area (Å²) >= 11 is 6.26. The van der Waals surface area contributed by atoms with Crippen LogP contribution in [0.4, 0.5) is 0 Å². The molecule has 136 valence electrons. The van der Waals surface area contributed by atoms with Gasteiger partial charge >= 0.3 is 0 Å². The normalized spacial score (nSPS) is 11.1. The molecule has 3 aromatic rings. The van der Waals surface area contributed by atoms with Crippen molar-refractivity contribution in [2.45, 2.75) is 33.3 Å². The summed E-state index contributed by atoms with van der Waals surface area (Å²) in [4.78, 5) is 16.7. The largest absolute Gasteiger partial charge is 0.491 e. The molecule has 0 atom stereocenters. The fourth-order valence-electron chi connectivity index (χ4n) is 2.62. The second kappa shape index (κ2) is 7.74. The number of hydrogen-bond donors (Lipinski definition) is 1. The topological polar surface area (TPSA) is 68.5 Å². The van der Waals surface area contributed by atoms with Gasteiger partial charge in [0.15, 0.2) is 11.3 Å². The molecule has 6 nitrogen and oxygen atoms in total. The number of ether oxygens (including phenoxy) is 1. The van der Waals surface area contributed by atoms with Crippen LogP contribution in [0.15, 0.2) is 36.7 Å². The Labute approximate surface area is 157 Å². The minimum Gasteiger partial charge on any atom is -0.491 e. The van der Waals surface area contributed by atoms with Crippen molar-refractivity contribution in [3.8, 4) is 5.75 Å². The highest BCUT2D eigenvalue weighted by molar-refractivity contribution is 6.36. The Morgan fingerprint density at radius 3 is 2.88 bits per heavy atom. The summed E-state index contributed by atoms with van der Waals surface area (Å²) in [5, 5.41) is 7.36. The molecule has 0 saturated heterocycles. The van der Waals surface area contributed by atoms with Crippen molar-refractivity contribution in [3.63, 3.8) is 0 Å². The quantitative estimate of drug-likeness (QED) is 0.719. The summed E-state index contributed by atoms with van der Waals surface area (Å²) in [5.74, 6) is 0.516. The van der Waals surface area contributed by atoms with Gasteiger partial charge < -0.3 is 10.1 Å². The molecule has 2 aromatic heterocycles. The first-order chi connectivity index (χ1) is 12.5. The Morgan fingerprint density at radius 1 is 1.35 bits per heavy atom. The number of aryl methyl sites for hydroxylation is 1. The molecule has 0 unspecified atom stereocenters. The highest BCUT2D eigenvalue weighted by atomic mass is 35.5. The van der Waals surface area contributed by atoms with Crippen LogP contribution < -0.4 is 10.1 Å². The van der Waals surface area contributed by atoms with E-state index in [2.05, 4.69) is 15.4 Å². The molecule has 0 fully saturated rings. The predicted octanol–water partition coefficient (Wildman–Crippen LogP) is 3.45. The second-order valence-electron chi connectivity index (χ2n) is 6.34. The number of carbonyl (C=O) groups excluding carboxylic acids is 1. The van der Waals surface area contributed by atoms with Crippen LogP contribution in [0.3, 0.4) is 0 Å². The van der Waals surface area contributed by atoms with Crippen molar-refractivity contribution in [1.82, 2.24) is 19.9 Å². The van der Waals surface area contributed by atoms with Gasteiger partial charge in [0.1, 0.15) is 10.8 Å². The number of carbonyl (C=O) groups is 1. The Balaban J connectivity index is 1.68. The Hall–Kier alpha value is -2.60. The lowest BCUT2D eigenvalue weighted by Crippen LogP contribution is -2.26. The first-order valence-corrected chi connectivity index (χ1v) is 8.86. The third-order valence-electron chi connectivity index (χ3n) is 3.78. The molecule has 0 aliphatic carbocycles. The second-order valence-corrected chi connectivity index (χ2v) is 6.72. The SMILES string of the molecule is Cc1cnc2c(Cl)c(C(=O)NCCc3ccccc3OC(C)C)nn2c1. The number of nitrogens with zero attached hydrogens (tertiary/aromatic N) is 3. The summed E-state index contributed by atoms with van der Waals surface area (Å²) in [6, 6.07) is 7.82. The number of halogens is 1. The minimum atomic E-state index is -0.319. The van der Waals surface area contributed by atoms with E-state index in [-0.39, 0.29) is 22.7 Å². The van der Waals surface area contributed by atoms with Crippen molar-refractivity contribution in [3.05, 3.63) is 58.5 Å². The zero-order valence-corrected chi connectivity index (χ0v) is 15.7. The summed E-state index contributed by atoms with van der Waals surface area (Å²) in [7, 11) is 0. The van der Waals surface area contributed by atoms with E-state index in [9.17, 15) is 4.79 Å². The molecule has 0 bridgehead atoms. The van der Waals surface area contributed by atoms with E-state index in [4.69, 9.17) is 16.3 Å². The lowest BCUT2D eigenvalue weighted by Gasteiger charge is -2.14. The fourth-order valence-corrected chi connectivity index (χ4v) is 2.88. The molecule has 0 aliphatic rings. The third kappa shape index (κ3) is 3.96. The zero-order chi connectivity index (χ0) is 18.7. The summed E-state index contributed by atoms with van der Waals surface area (Å²) < 4.78 is 7.33. The van der Waals surface area contributed by atoms with Crippen molar-refractivity contribution < 1.29 is 9.53 Å². The molecule has 1 N–H and O–H groups in total. The lowest BCUT2D eigenvalue weighted by atomic mass is 10.1. The number of benzene rings is 1. The number of aromatic nitrogens is 3. The molecule has 0 radical (unpaired) electrons. The number of fused-ring (bicyclic) bond motifs is 1. The molecule has 3 rings (SSSR count). The van der Waals surface area contributed by atoms with Crippen molar-refractivity contribution in [2.24, 2.45) is 0 Å². The van der Waals surface area contributed by atoms with E-state index in [0.717, 1.165) is 16.9 Å². The van der Waals surface area contributed by atoms with Gasteiger partial charge in [-0.1, -0.05) is 29.8 Å². The third-order valence-corrected chi connectivity index (χ3v) is 4.12. The van der Waals surface area contributed by atoms with Gasteiger partial charge in [-0.15, -0.1) is 0 Å². The van der Waals surface area contributed by atoms with E-state index in [0.29, 0.717) is 18.6 Å². The standard InChI is InChI=1S/C19H21ClN4O2/c1-12(2)26-15-7-5-4-6-14(15)8-9-21-19(25)17-16(20)18-22-10-13(3)11-24(18)23-17/h4-7,10-12H,8-9H2,1-3H3,(H,21,25). The maximum absolute atomic E-state index is 12.4. The van der Waals surface area contributed by atoms with E-state index in [1.807, 2.05) is 45.0 Å². The number of rotatable bonds is 6. The van der Waals surface area contributed by atoms with Crippen LogP contribution in [-0.4, -0.2) is 33.2 Å². The van der Waals surface area contributed by atoms with Gasteiger partial charge in [0, 0.05) is 18.9 Å². The van der Waals surface area contributed by atoms with Gasteiger partial charge in [0.25, 0.3) is 5.91 Å². The monoisotopic (exact) mass is 372 g/mol. The number of para-hydroxylation sites is 1. The van der Waals surface area contributed by atoms with E-state index >= 15 is 0 Å². The maximum atomic E-state index is 12.4. The number of amides is 1. The molecule has 1 amide bonds. The van der Waals surface area contributed by atoms with Crippen molar-refractivity contribution >= 4 is 23.2 Å². The molecule has 0 spiro atoms. The van der Waals surface area contributed by atoms with E-state index in [1.165, 1.54) is 4.52 Å². The summed E-state index contributed by atoms with van der Waals surface area (Å²) in [6.45, 7) is 6.33. The molecule has 0 saturated carbocycles. The highest BCUT2D eigenvalue weighted by Crippen LogP contribution is 2.21. The van der Waals surface area contributed by atoms with Gasteiger partial charge in [0.2, 0.25) is 0 Å². The van der Waals surface area contributed by atoms with Crippen LogP contribution in [-0.2, 0) is 6.42 Å². The average molecular weight is 373 g/mol. The molecule has 0 aliphatic heterocycles. The fraction of sp³-hybridized carbons (Fsp3) is 0.316. The van der Waals surface area contributed by atoms with Crippen molar-refractivity contribution in [1.29, 1.82) is 0 Å². The smallest absolute Gasteiger partial charge is 0.273 e. The van der Waals surface area contributed by atoms with Crippen LogP contribution in [0.1, 0.15) is 35.5 Å². The van der Waals surface area contributed by atoms with Crippen molar-refractivity contribution in [2.75, 3.05) is 6.54 Å². The molecular formula is C19H21ClN4O2. The van der Waals surface area contributed by atoms with Gasteiger partial charge in [-0.05, 0) is 44.4 Å². The first kappa shape index (κ1) is 18.2. The first-order valence-electron chi connectivity index (χ1n) is 8.49. The van der Waals surface area contributed by atoms with Gasteiger partial charge in [0.05, 0.1) is 6.10 Å². The van der Waals surface area contributed by atoms with Crippen LogP contribution >= 0.6 is 11.6 Å². The van der Waals surface area contributed by atoms with E-state index in [1.54, 1.807) is 12.4 Å². The maximum Gasteiger partial charge on any atom is 0.273 e. The zero-order valence-electron chi connectivity index (χ0n) is 15.0. The molecule has 26 heavy (non-hydrogen) atoms. The average Bonchev–Trinajstić information content (AvgIpc) is 2.92. The molecular weight excluding hydrogens is 352 g/mol. The molecule has 1 aromatic carbocycles. The lowest BCUT2D eigenvalue weighted by molar-refractivity contribution is 0.0948.